The van der Waals surface area contributed by atoms with Crippen LogP contribution in [0.1, 0.15) is 60.3 Å². The van der Waals surface area contributed by atoms with Gasteiger partial charge in [0.25, 0.3) is 0 Å². The van der Waals surface area contributed by atoms with Gasteiger partial charge in [-0.05, 0) is 59.3 Å². The third-order valence-electron chi connectivity index (χ3n) is 4.24. The first-order valence-corrected chi connectivity index (χ1v) is 8.02. The third-order valence-corrected chi connectivity index (χ3v) is 4.24. The van der Waals surface area contributed by atoms with Gasteiger partial charge in [0.15, 0.2) is 0 Å². The first kappa shape index (κ1) is 15.6. The van der Waals surface area contributed by atoms with Crippen molar-refractivity contribution < 1.29 is 9.53 Å². The van der Waals surface area contributed by atoms with E-state index in [1.165, 1.54) is 6.42 Å². The monoisotopic (exact) mass is 282 g/mol. The minimum absolute atomic E-state index is 0.146. The zero-order valence-corrected chi connectivity index (χ0v) is 13.6. The van der Waals surface area contributed by atoms with E-state index in [4.69, 9.17) is 4.74 Å². The number of likely N-dealkylation sites (tertiary alicyclic amines) is 1. The Morgan fingerprint density at radius 2 is 2.10 bits per heavy atom. The molecule has 1 aliphatic carbocycles. The molecule has 0 aromatic carbocycles. The molecule has 0 aromatic rings. The Kier molecular flexibility index (Phi) is 4.62. The number of carbonyl (C=O) groups excluding carboxylic acids is 1. The summed E-state index contributed by atoms with van der Waals surface area (Å²) in [6.45, 7) is 11.1. The summed E-state index contributed by atoms with van der Waals surface area (Å²) >= 11 is 0. The minimum atomic E-state index is -0.405. The van der Waals surface area contributed by atoms with Crippen LogP contribution < -0.4 is 5.32 Å². The second-order valence-corrected chi connectivity index (χ2v) is 7.59. The van der Waals surface area contributed by atoms with E-state index in [9.17, 15) is 4.79 Å². The van der Waals surface area contributed by atoms with Gasteiger partial charge in [-0.15, -0.1) is 0 Å². The fourth-order valence-electron chi connectivity index (χ4n) is 3.04. The van der Waals surface area contributed by atoms with E-state index in [1.807, 2.05) is 25.7 Å². The Balaban J connectivity index is 1.82. The maximum atomic E-state index is 12.2. The molecule has 1 aliphatic heterocycles. The number of ether oxygens (including phenoxy) is 1. The molecule has 2 rings (SSSR count). The van der Waals surface area contributed by atoms with E-state index in [-0.39, 0.29) is 6.09 Å². The van der Waals surface area contributed by atoms with Crippen molar-refractivity contribution in [3.05, 3.63) is 0 Å². The Labute approximate surface area is 123 Å². The second kappa shape index (κ2) is 5.92. The van der Waals surface area contributed by atoms with Crippen LogP contribution in [0.2, 0.25) is 0 Å². The van der Waals surface area contributed by atoms with Crippen LogP contribution in [0.25, 0.3) is 0 Å². The van der Waals surface area contributed by atoms with Gasteiger partial charge < -0.3 is 15.0 Å². The lowest BCUT2D eigenvalue weighted by atomic mass is 10.1. The lowest BCUT2D eigenvalue weighted by Crippen LogP contribution is -2.43. The Bertz CT molecular complexity index is 351. The summed E-state index contributed by atoms with van der Waals surface area (Å²) in [4.78, 5) is 14.2. The van der Waals surface area contributed by atoms with Gasteiger partial charge in [-0.3, -0.25) is 0 Å². The summed E-state index contributed by atoms with van der Waals surface area (Å²) in [5, 5.41) is 3.66. The molecule has 0 spiro atoms. The lowest BCUT2D eigenvalue weighted by molar-refractivity contribution is 0.0214. The molecule has 2 aliphatic rings. The Morgan fingerprint density at radius 1 is 1.45 bits per heavy atom. The topological polar surface area (TPSA) is 41.6 Å². The summed E-state index contributed by atoms with van der Waals surface area (Å²) in [6.07, 6.45) is 4.38. The average Bonchev–Trinajstić information content (AvgIpc) is 2.80. The third kappa shape index (κ3) is 4.37. The van der Waals surface area contributed by atoms with Gasteiger partial charge in [0.1, 0.15) is 5.60 Å². The molecule has 1 saturated carbocycles. The molecule has 1 saturated heterocycles. The number of rotatable bonds is 4. The molecular formula is C16H30N2O2. The largest absolute Gasteiger partial charge is 0.444 e. The van der Waals surface area contributed by atoms with Crippen molar-refractivity contribution >= 4 is 6.09 Å². The summed E-state index contributed by atoms with van der Waals surface area (Å²) in [6, 6.07) is 1.50. The van der Waals surface area contributed by atoms with Crippen LogP contribution in [0.5, 0.6) is 0 Å². The number of nitrogens with zero attached hydrogens (tertiary/aromatic N) is 1. The van der Waals surface area contributed by atoms with Gasteiger partial charge in [-0.2, -0.15) is 0 Å². The average molecular weight is 282 g/mol. The fourth-order valence-corrected chi connectivity index (χ4v) is 3.04. The highest BCUT2D eigenvalue weighted by Gasteiger charge is 2.36. The number of hydrogen-bond acceptors (Lipinski definition) is 3. The molecule has 4 atom stereocenters. The molecule has 1 N–H and O–H groups in total. The molecule has 4 nitrogen and oxygen atoms in total. The van der Waals surface area contributed by atoms with E-state index in [0.29, 0.717) is 18.1 Å². The highest BCUT2D eigenvalue weighted by atomic mass is 16.6. The SMILES string of the molecule is CC(CC1CCCN1C(=O)OC(C)(C)C)NC1CC1C. The second-order valence-electron chi connectivity index (χ2n) is 7.59. The molecule has 116 valence electrons. The van der Waals surface area contributed by atoms with Crippen LogP contribution in [0, 0.1) is 5.92 Å². The summed E-state index contributed by atoms with van der Waals surface area (Å²) in [5.41, 5.74) is -0.405. The van der Waals surface area contributed by atoms with E-state index < -0.39 is 5.60 Å². The fraction of sp³-hybridized carbons (Fsp3) is 0.938. The molecule has 0 radical (unpaired) electrons. The molecule has 1 amide bonds. The predicted octanol–water partition coefficient (Wildman–Crippen LogP) is 3.16. The summed E-state index contributed by atoms with van der Waals surface area (Å²) in [5.74, 6) is 0.822. The van der Waals surface area contributed by atoms with Gasteiger partial charge in [0.2, 0.25) is 0 Å². The summed E-state index contributed by atoms with van der Waals surface area (Å²) in [7, 11) is 0. The predicted molar refractivity (Wildman–Crippen MR) is 80.7 cm³/mol. The molecule has 1 heterocycles. The zero-order chi connectivity index (χ0) is 14.9. The molecule has 4 unspecified atom stereocenters. The van der Waals surface area contributed by atoms with Crippen LogP contribution in [0.15, 0.2) is 0 Å². The highest BCUT2D eigenvalue weighted by Crippen LogP contribution is 2.30. The first-order valence-electron chi connectivity index (χ1n) is 8.02. The molecular weight excluding hydrogens is 252 g/mol. The number of nitrogens with one attached hydrogen (secondary N) is 1. The lowest BCUT2D eigenvalue weighted by Gasteiger charge is -2.30. The van der Waals surface area contributed by atoms with Crippen molar-refractivity contribution in [1.82, 2.24) is 10.2 Å². The minimum Gasteiger partial charge on any atom is -0.444 e. The molecule has 2 fully saturated rings. The van der Waals surface area contributed by atoms with E-state index in [2.05, 4.69) is 19.2 Å². The van der Waals surface area contributed by atoms with Crippen molar-refractivity contribution in [1.29, 1.82) is 0 Å². The van der Waals surface area contributed by atoms with Crippen LogP contribution in [-0.2, 0) is 4.74 Å². The first-order chi connectivity index (χ1) is 9.26. The van der Waals surface area contributed by atoms with Gasteiger partial charge >= 0.3 is 6.09 Å². The van der Waals surface area contributed by atoms with Gasteiger partial charge in [0.05, 0.1) is 0 Å². The van der Waals surface area contributed by atoms with Gasteiger partial charge in [-0.25, -0.2) is 4.79 Å². The van der Waals surface area contributed by atoms with Crippen LogP contribution in [0.4, 0.5) is 4.79 Å². The summed E-state index contributed by atoms with van der Waals surface area (Å²) < 4.78 is 5.51. The smallest absolute Gasteiger partial charge is 0.410 e. The number of carbonyl (C=O) groups is 1. The zero-order valence-electron chi connectivity index (χ0n) is 13.6. The van der Waals surface area contributed by atoms with E-state index in [0.717, 1.165) is 31.7 Å². The highest BCUT2D eigenvalue weighted by molar-refractivity contribution is 5.68. The van der Waals surface area contributed by atoms with E-state index >= 15 is 0 Å². The Hall–Kier alpha value is -0.770. The van der Waals surface area contributed by atoms with Crippen LogP contribution in [0.3, 0.4) is 0 Å². The number of amides is 1. The normalized spacial score (nSPS) is 31.2. The van der Waals surface area contributed by atoms with Crippen molar-refractivity contribution in [2.45, 2.75) is 84.0 Å². The van der Waals surface area contributed by atoms with Crippen molar-refractivity contribution in [2.24, 2.45) is 5.92 Å². The van der Waals surface area contributed by atoms with Crippen LogP contribution >= 0.6 is 0 Å². The maximum absolute atomic E-state index is 12.2. The van der Waals surface area contributed by atoms with Gasteiger partial charge in [0, 0.05) is 24.7 Å². The van der Waals surface area contributed by atoms with Crippen LogP contribution in [-0.4, -0.2) is 41.3 Å². The quantitative estimate of drug-likeness (QED) is 0.861. The maximum Gasteiger partial charge on any atom is 0.410 e. The molecule has 4 heteroatoms. The van der Waals surface area contributed by atoms with E-state index in [1.54, 1.807) is 0 Å². The molecule has 0 bridgehead atoms. The Morgan fingerprint density at radius 3 is 2.65 bits per heavy atom. The number of hydrogen-bond donors (Lipinski definition) is 1. The van der Waals surface area contributed by atoms with Crippen molar-refractivity contribution in [3.8, 4) is 0 Å². The molecule has 20 heavy (non-hydrogen) atoms. The molecule has 0 aromatic heterocycles. The van der Waals surface area contributed by atoms with Crippen molar-refractivity contribution in [2.75, 3.05) is 6.54 Å². The van der Waals surface area contributed by atoms with Crippen molar-refractivity contribution in [3.63, 3.8) is 0 Å². The van der Waals surface area contributed by atoms with Gasteiger partial charge in [-0.1, -0.05) is 6.92 Å². The standard InChI is InChI=1S/C16H30N2O2/c1-11-9-14(11)17-12(2)10-13-7-6-8-18(13)15(19)20-16(3,4)5/h11-14,17H,6-10H2,1-5H3.